The van der Waals surface area contributed by atoms with Crippen molar-refractivity contribution in [1.29, 1.82) is 0 Å². The highest BCUT2D eigenvalue weighted by Gasteiger charge is 2.21. The van der Waals surface area contributed by atoms with Gasteiger partial charge in [0.2, 0.25) is 5.91 Å². The molecule has 2 heterocycles. The van der Waals surface area contributed by atoms with E-state index in [9.17, 15) is 4.79 Å². The monoisotopic (exact) mass is 383 g/mol. The van der Waals surface area contributed by atoms with Gasteiger partial charge in [0.15, 0.2) is 0 Å². The second-order valence-electron chi connectivity index (χ2n) is 6.78. The summed E-state index contributed by atoms with van der Waals surface area (Å²) in [6.07, 6.45) is 2.21. The predicted molar refractivity (Wildman–Crippen MR) is 104 cm³/mol. The Balaban J connectivity index is 0.00000243. The number of piperidine rings is 1. The van der Waals surface area contributed by atoms with Crippen LogP contribution < -0.4 is 10.6 Å². The zero-order valence-corrected chi connectivity index (χ0v) is 16.0. The van der Waals surface area contributed by atoms with Crippen LogP contribution in [0.4, 0.5) is 0 Å². The molecule has 7 heteroatoms. The number of benzene rings is 1. The van der Waals surface area contributed by atoms with Gasteiger partial charge in [-0.15, -0.1) is 12.4 Å². The van der Waals surface area contributed by atoms with Gasteiger partial charge < -0.3 is 20.1 Å². The summed E-state index contributed by atoms with van der Waals surface area (Å²) in [6.45, 7) is 6.03. The Hall–Kier alpha value is -1.18. The average molecular weight is 384 g/mol. The maximum absolute atomic E-state index is 12.0. The number of halogens is 1. The SMILES string of the molecule is Cl.O=C(COC1CCNCC1)NCC1CN(Cc2ccccc2)CCO1. The van der Waals surface area contributed by atoms with Crippen molar-refractivity contribution in [1.82, 2.24) is 15.5 Å². The van der Waals surface area contributed by atoms with E-state index in [4.69, 9.17) is 9.47 Å². The van der Waals surface area contributed by atoms with E-state index in [-0.39, 0.29) is 37.1 Å². The quantitative estimate of drug-likeness (QED) is 0.740. The summed E-state index contributed by atoms with van der Waals surface area (Å²) in [4.78, 5) is 14.4. The van der Waals surface area contributed by atoms with E-state index in [1.165, 1.54) is 5.56 Å². The molecular formula is C19H30ClN3O3. The van der Waals surface area contributed by atoms with E-state index in [2.05, 4.69) is 39.8 Å². The van der Waals surface area contributed by atoms with Crippen LogP contribution in [0, 0.1) is 0 Å². The Morgan fingerprint density at radius 1 is 1.27 bits per heavy atom. The molecule has 2 aliphatic heterocycles. The van der Waals surface area contributed by atoms with E-state index in [0.717, 1.165) is 45.6 Å². The third-order valence-electron chi connectivity index (χ3n) is 4.74. The van der Waals surface area contributed by atoms with Crippen molar-refractivity contribution in [2.45, 2.75) is 31.6 Å². The standard InChI is InChI=1S/C19H29N3O3.ClH/c23-19(15-25-17-6-8-20-9-7-17)21-12-18-14-22(10-11-24-18)13-16-4-2-1-3-5-16;/h1-5,17-18,20H,6-15H2,(H,21,23);1H. The highest BCUT2D eigenvalue weighted by molar-refractivity contribution is 5.85. The number of carbonyl (C=O) groups is 1. The molecule has 0 aliphatic carbocycles. The third-order valence-corrected chi connectivity index (χ3v) is 4.74. The predicted octanol–water partition coefficient (Wildman–Crippen LogP) is 1.19. The maximum atomic E-state index is 12.0. The van der Waals surface area contributed by atoms with Gasteiger partial charge in [-0.05, 0) is 31.5 Å². The van der Waals surface area contributed by atoms with E-state index < -0.39 is 0 Å². The molecule has 146 valence electrons. The highest BCUT2D eigenvalue weighted by atomic mass is 35.5. The number of ether oxygens (including phenoxy) is 2. The summed E-state index contributed by atoms with van der Waals surface area (Å²) >= 11 is 0. The second-order valence-corrected chi connectivity index (χ2v) is 6.78. The van der Waals surface area contributed by atoms with Gasteiger partial charge in [-0.25, -0.2) is 0 Å². The Labute approximate surface area is 162 Å². The number of morpholine rings is 1. The van der Waals surface area contributed by atoms with Gasteiger partial charge in [0.05, 0.1) is 18.8 Å². The van der Waals surface area contributed by atoms with Crippen molar-refractivity contribution in [2.75, 3.05) is 45.9 Å². The molecule has 2 aliphatic rings. The number of nitrogens with zero attached hydrogens (tertiary/aromatic N) is 1. The molecule has 0 spiro atoms. The average Bonchev–Trinajstić information content (AvgIpc) is 2.67. The van der Waals surface area contributed by atoms with Crippen LogP contribution >= 0.6 is 12.4 Å². The van der Waals surface area contributed by atoms with Gasteiger partial charge in [0, 0.05) is 26.2 Å². The number of amides is 1. The van der Waals surface area contributed by atoms with Crippen LogP contribution in [0.5, 0.6) is 0 Å². The zero-order chi connectivity index (χ0) is 17.3. The van der Waals surface area contributed by atoms with E-state index in [1.807, 2.05) is 6.07 Å². The lowest BCUT2D eigenvalue weighted by atomic mass is 10.1. The Morgan fingerprint density at radius 3 is 2.81 bits per heavy atom. The van der Waals surface area contributed by atoms with Crippen LogP contribution in [0.2, 0.25) is 0 Å². The second kappa shape index (κ2) is 11.5. The Morgan fingerprint density at radius 2 is 2.04 bits per heavy atom. The summed E-state index contributed by atoms with van der Waals surface area (Å²) in [7, 11) is 0. The molecule has 26 heavy (non-hydrogen) atoms. The van der Waals surface area contributed by atoms with E-state index >= 15 is 0 Å². The topological polar surface area (TPSA) is 62.8 Å². The fraction of sp³-hybridized carbons (Fsp3) is 0.632. The molecule has 1 aromatic rings. The number of nitrogens with one attached hydrogen (secondary N) is 2. The lowest BCUT2D eigenvalue weighted by Crippen LogP contribution is -2.47. The first-order valence-corrected chi connectivity index (χ1v) is 9.26. The molecular weight excluding hydrogens is 354 g/mol. The van der Waals surface area contributed by atoms with Crippen LogP contribution in [0.1, 0.15) is 18.4 Å². The summed E-state index contributed by atoms with van der Waals surface area (Å²) in [5.41, 5.74) is 1.31. The van der Waals surface area contributed by atoms with Gasteiger partial charge in [-0.2, -0.15) is 0 Å². The van der Waals surface area contributed by atoms with Crippen LogP contribution in [0.15, 0.2) is 30.3 Å². The molecule has 1 unspecified atom stereocenters. The third kappa shape index (κ3) is 7.21. The number of hydrogen-bond donors (Lipinski definition) is 2. The van der Waals surface area contributed by atoms with E-state index in [0.29, 0.717) is 13.2 Å². The fourth-order valence-electron chi connectivity index (χ4n) is 3.32. The smallest absolute Gasteiger partial charge is 0.246 e. The lowest BCUT2D eigenvalue weighted by Gasteiger charge is -2.33. The fourth-order valence-corrected chi connectivity index (χ4v) is 3.32. The molecule has 1 amide bonds. The van der Waals surface area contributed by atoms with Gasteiger partial charge >= 0.3 is 0 Å². The Kier molecular flexibility index (Phi) is 9.36. The number of carbonyl (C=O) groups excluding carboxylic acids is 1. The number of hydrogen-bond acceptors (Lipinski definition) is 5. The normalized spacial score (nSPS) is 21.8. The molecule has 0 radical (unpaired) electrons. The first kappa shape index (κ1) is 21.1. The highest BCUT2D eigenvalue weighted by Crippen LogP contribution is 2.10. The minimum absolute atomic E-state index is 0. The summed E-state index contributed by atoms with van der Waals surface area (Å²) in [5.74, 6) is -0.0534. The summed E-state index contributed by atoms with van der Waals surface area (Å²) in [6, 6.07) is 10.5. The largest absolute Gasteiger partial charge is 0.374 e. The summed E-state index contributed by atoms with van der Waals surface area (Å²) < 4.78 is 11.5. The van der Waals surface area contributed by atoms with Gasteiger partial charge in [0.1, 0.15) is 6.61 Å². The van der Waals surface area contributed by atoms with Gasteiger partial charge in [0.25, 0.3) is 0 Å². The van der Waals surface area contributed by atoms with Gasteiger partial charge in [-0.1, -0.05) is 30.3 Å². The zero-order valence-electron chi connectivity index (χ0n) is 15.2. The van der Waals surface area contributed by atoms with Crippen LogP contribution in [0.3, 0.4) is 0 Å². The van der Waals surface area contributed by atoms with Crippen molar-refractivity contribution in [3.05, 3.63) is 35.9 Å². The van der Waals surface area contributed by atoms with Gasteiger partial charge in [-0.3, -0.25) is 9.69 Å². The first-order valence-electron chi connectivity index (χ1n) is 9.26. The van der Waals surface area contributed by atoms with Crippen LogP contribution in [-0.4, -0.2) is 69.0 Å². The van der Waals surface area contributed by atoms with Crippen molar-refractivity contribution in [3.63, 3.8) is 0 Å². The molecule has 0 bridgehead atoms. The molecule has 6 nitrogen and oxygen atoms in total. The molecule has 3 rings (SSSR count). The lowest BCUT2D eigenvalue weighted by molar-refractivity contribution is -0.129. The molecule has 2 saturated heterocycles. The number of rotatable bonds is 7. The maximum Gasteiger partial charge on any atom is 0.246 e. The van der Waals surface area contributed by atoms with Crippen molar-refractivity contribution >= 4 is 18.3 Å². The van der Waals surface area contributed by atoms with E-state index in [1.54, 1.807) is 0 Å². The van der Waals surface area contributed by atoms with Crippen LogP contribution in [0.25, 0.3) is 0 Å². The first-order chi connectivity index (χ1) is 12.3. The molecule has 1 aromatic carbocycles. The molecule has 0 aromatic heterocycles. The summed E-state index contributed by atoms with van der Waals surface area (Å²) in [5, 5.41) is 6.24. The van der Waals surface area contributed by atoms with Crippen molar-refractivity contribution < 1.29 is 14.3 Å². The molecule has 2 fully saturated rings. The minimum Gasteiger partial charge on any atom is -0.374 e. The molecule has 2 N–H and O–H groups in total. The van der Waals surface area contributed by atoms with Crippen molar-refractivity contribution in [2.24, 2.45) is 0 Å². The minimum atomic E-state index is -0.0534. The van der Waals surface area contributed by atoms with Crippen LogP contribution in [-0.2, 0) is 20.8 Å². The molecule has 0 saturated carbocycles. The van der Waals surface area contributed by atoms with Crippen molar-refractivity contribution in [3.8, 4) is 0 Å². The Bertz CT molecular complexity index is 526. The molecule has 1 atom stereocenters.